The maximum Gasteiger partial charge on any atom is 0.306 e. The molecule has 2 fully saturated rings. The number of piperidine rings is 1. The minimum Gasteiger partial charge on any atom is -0.481 e. The van der Waals surface area contributed by atoms with Crippen LogP contribution < -0.4 is 4.90 Å². The van der Waals surface area contributed by atoms with Crippen molar-refractivity contribution >= 4 is 17.6 Å². The monoisotopic (exact) mass is 398 g/mol. The average Bonchev–Trinajstić information content (AvgIpc) is 2.77. The molecular formula is C24H34N2O3. The highest BCUT2D eigenvalue weighted by molar-refractivity contribution is 5.96. The smallest absolute Gasteiger partial charge is 0.306 e. The van der Waals surface area contributed by atoms with Crippen molar-refractivity contribution in [2.24, 2.45) is 11.8 Å². The Balaban J connectivity index is 1.36. The van der Waals surface area contributed by atoms with E-state index in [1.165, 1.54) is 30.4 Å². The first-order valence-corrected chi connectivity index (χ1v) is 11.5. The lowest BCUT2D eigenvalue weighted by Gasteiger charge is -2.34. The van der Waals surface area contributed by atoms with Gasteiger partial charge >= 0.3 is 5.97 Å². The number of hydrogen-bond donors (Lipinski definition) is 1. The van der Waals surface area contributed by atoms with E-state index in [0.29, 0.717) is 5.91 Å². The Hall–Kier alpha value is -1.88. The van der Waals surface area contributed by atoms with Crippen molar-refractivity contribution in [1.82, 2.24) is 4.90 Å². The zero-order valence-electron chi connectivity index (χ0n) is 17.4. The van der Waals surface area contributed by atoms with Gasteiger partial charge in [0.2, 0.25) is 5.91 Å². The maximum atomic E-state index is 13.1. The van der Waals surface area contributed by atoms with Crippen LogP contribution in [-0.2, 0) is 22.4 Å². The Morgan fingerprint density at radius 2 is 1.69 bits per heavy atom. The molecule has 1 aromatic carbocycles. The highest BCUT2D eigenvalue weighted by Crippen LogP contribution is 2.33. The average molecular weight is 399 g/mol. The highest BCUT2D eigenvalue weighted by Gasteiger charge is 2.30. The molecule has 1 aliphatic carbocycles. The van der Waals surface area contributed by atoms with E-state index >= 15 is 0 Å². The summed E-state index contributed by atoms with van der Waals surface area (Å²) in [5, 5.41) is 9.14. The molecule has 3 aliphatic rings. The molecule has 0 bridgehead atoms. The predicted octanol–water partition coefficient (Wildman–Crippen LogP) is 3.89. The Morgan fingerprint density at radius 3 is 2.41 bits per heavy atom. The molecule has 1 amide bonds. The first-order valence-electron chi connectivity index (χ1n) is 11.5. The van der Waals surface area contributed by atoms with Gasteiger partial charge in [-0.2, -0.15) is 0 Å². The van der Waals surface area contributed by atoms with E-state index in [-0.39, 0.29) is 11.8 Å². The summed E-state index contributed by atoms with van der Waals surface area (Å²) in [4.78, 5) is 28.6. The summed E-state index contributed by atoms with van der Waals surface area (Å²) in [5.41, 5.74) is 3.79. The summed E-state index contributed by atoms with van der Waals surface area (Å²) in [6.45, 7) is 3.60. The Labute approximate surface area is 174 Å². The third-order valence-electron chi connectivity index (χ3n) is 7.14. The molecule has 0 radical (unpaired) electrons. The van der Waals surface area contributed by atoms with Crippen molar-refractivity contribution < 1.29 is 14.7 Å². The number of carboxylic acids is 1. The van der Waals surface area contributed by atoms with E-state index in [9.17, 15) is 9.59 Å². The molecule has 29 heavy (non-hydrogen) atoms. The van der Waals surface area contributed by atoms with Crippen LogP contribution in [0.15, 0.2) is 18.2 Å². The number of aryl methyl sites for hydroxylation is 1. The van der Waals surface area contributed by atoms with Crippen LogP contribution in [0.1, 0.15) is 62.5 Å². The van der Waals surface area contributed by atoms with Crippen molar-refractivity contribution in [2.75, 3.05) is 31.1 Å². The van der Waals surface area contributed by atoms with Gasteiger partial charge in [0.1, 0.15) is 0 Å². The zero-order valence-corrected chi connectivity index (χ0v) is 17.4. The molecule has 1 aromatic rings. The van der Waals surface area contributed by atoms with Crippen LogP contribution in [-0.4, -0.2) is 48.1 Å². The lowest BCUT2D eigenvalue weighted by atomic mass is 9.87. The summed E-state index contributed by atoms with van der Waals surface area (Å²) >= 11 is 0. The zero-order chi connectivity index (χ0) is 20.2. The molecule has 1 saturated carbocycles. The summed E-state index contributed by atoms with van der Waals surface area (Å²) < 4.78 is 0. The second kappa shape index (κ2) is 9.29. The van der Waals surface area contributed by atoms with Gasteiger partial charge in [-0.1, -0.05) is 31.4 Å². The molecule has 5 heteroatoms. The van der Waals surface area contributed by atoms with Gasteiger partial charge in [-0.05, 0) is 75.2 Å². The van der Waals surface area contributed by atoms with Crippen LogP contribution in [0, 0.1) is 11.8 Å². The number of anilines is 1. The summed E-state index contributed by atoms with van der Waals surface area (Å²) in [6, 6.07) is 6.66. The fourth-order valence-electron chi connectivity index (χ4n) is 5.30. The summed E-state index contributed by atoms with van der Waals surface area (Å²) in [5.74, 6) is -0.239. The number of carbonyl (C=O) groups excluding carboxylic acids is 1. The molecular weight excluding hydrogens is 364 g/mol. The largest absolute Gasteiger partial charge is 0.481 e. The number of aliphatic carboxylic acids is 1. The highest BCUT2D eigenvalue weighted by atomic mass is 16.4. The fraction of sp³-hybridized carbons (Fsp3) is 0.667. The number of benzene rings is 1. The first kappa shape index (κ1) is 20.4. The van der Waals surface area contributed by atoms with E-state index in [4.69, 9.17) is 5.11 Å². The summed E-state index contributed by atoms with van der Waals surface area (Å²) in [7, 11) is 0. The molecule has 4 rings (SSSR count). The van der Waals surface area contributed by atoms with Crippen molar-refractivity contribution in [2.45, 2.75) is 64.2 Å². The third kappa shape index (κ3) is 4.82. The topological polar surface area (TPSA) is 60.9 Å². The van der Waals surface area contributed by atoms with Crippen LogP contribution in [0.2, 0.25) is 0 Å². The number of carboxylic acid groups (broad SMARTS) is 1. The number of fused-ring (bicyclic) bond motifs is 1. The van der Waals surface area contributed by atoms with Crippen molar-refractivity contribution in [3.63, 3.8) is 0 Å². The molecule has 1 saturated heterocycles. The van der Waals surface area contributed by atoms with Crippen LogP contribution in [0.5, 0.6) is 0 Å². The second-order valence-corrected chi connectivity index (χ2v) is 9.10. The van der Waals surface area contributed by atoms with E-state index < -0.39 is 5.97 Å². The van der Waals surface area contributed by atoms with Gasteiger partial charge in [0.05, 0.1) is 5.92 Å². The van der Waals surface area contributed by atoms with Gasteiger partial charge in [0, 0.05) is 24.7 Å². The van der Waals surface area contributed by atoms with Crippen LogP contribution in [0.4, 0.5) is 5.69 Å². The molecule has 0 atom stereocenters. The number of carbonyl (C=O) groups is 2. The van der Waals surface area contributed by atoms with Gasteiger partial charge in [-0.15, -0.1) is 0 Å². The van der Waals surface area contributed by atoms with E-state index in [0.717, 1.165) is 76.8 Å². The SMILES string of the molecule is O=C(O)C1CCN(CCc2ccc3c(c2)CCCN3C(=O)C2CCCCC2)CC1. The van der Waals surface area contributed by atoms with E-state index in [1.807, 2.05) is 0 Å². The number of rotatable bonds is 5. The minimum atomic E-state index is -0.647. The van der Waals surface area contributed by atoms with E-state index in [2.05, 4.69) is 28.0 Å². The molecule has 5 nitrogen and oxygen atoms in total. The number of likely N-dealkylation sites (tertiary alicyclic amines) is 1. The van der Waals surface area contributed by atoms with Gasteiger partial charge in [0.15, 0.2) is 0 Å². The first-order chi connectivity index (χ1) is 14.1. The molecule has 158 valence electrons. The summed E-state index contributed by atoms with van der Waals surface area (Å²) in [6.07, 6.45) is 10.4. The molecule has 1 N–H and O–H groups in total. The predicted molar refractivity (Wildman–Crippen MR) is 114 cm³/mol. The Kier molecular flexibility index (Phi) is 6.53. The van der Waals surface area contributed by atoms with Gasteiger partial charge in [0.25, 0.3) is 0 Å². The van der Waals surface area contributed by atoms with Crippen molar-refractivity contribution in [3.8, 4) is 0 Å². The number of amides is 1. The number of nitrogens with zero attached hydrogens (tertiary/aromatic N) is 2. The van der Waals surface area contributed by atoms with Crippen molar-refractivity contribution in [3.05, 3.63) is 29.3 Å². The van der Waals surface area contributed by atoms with Crippen LogP contribution in [0.25, 0.3) is 0 Å². The Bertz CT molecular complexity index is 734. The van der Waals surface area contributed by atoms with Crippen LogP contribution >= 0.6 is 0 Å². The van der Waals surface area contributed by atoms with Gasteiger partial charge in [-0.25, -0.2) is 0 Å². The Morgan fingerprint density at radius 1 is 0.931 bits per heavy atom. The normalized spacial score (nSPS) is 21.7. The molecule has 0 unspecified atom stereocenters. The lowest BCUT2D eigenvalue weighted by molar-refractivity contribution is -0.143. The molecule has 2 heterocycles. The van der Waals surface area contributed by atoms with E-state index in [1.54, 1.807) is 0 Å². The van der Waals surface area contributed by atoms with Gasteiger partial charge < -0.3 is 14.9 Å². The minimum absolute atomic E-state index is 0.164. The number of hydrogen-bond acceptors (Lipinski definition) is 3. The van der Waals surface area contributed by atoms with Gasteiger partial charge in [-0.3, -0.25) is 9.59 Å². The lowest BCUT2D eigenvalue weighted by Crippen LogP contribution is -2.40. The standard InChI is InChI=1S/C24H34N2O3/c27-23(19-5-2-1-3-6-19)26-13-4-7-21-17-18(8-9-22(21)26)10-14-25-15-11-20(12-16-25)24(28)29/h8-9,17,19-20H,1-7,10-16H2,(H,28,29). The molecule has 0 spiro atoms. The maximum absolute atomic E-state index is 13.1. The molecule has 2 aliphatic heterocycles. The second-order valence-electron chi connectivity index (χ2n) is 9.10. The fourth-order valence-corrected chi connectivity index (χ4v) is 5.30. The van der Waals surface area contributed by atoms with Crippen LogP contribution in [0.3, 0.4) is 0 Å². The third-order valence-corrected chi connectivity index (χ3v) is 7.14. The quantitative estimate of drug-likeness (QED) is 0.818. The molecule has 0 aromatic heterocycles. The van der Waals surface area contributed by atoms with Crippen molar-refractivity contribution in [1.29, 1.82) is 0 Å².